The summed E-state index contributed by atoms with van der Waals surface area (Å²) in [5.74, 6) is 1.70. The molecule has 0 aliphatic heterocycles. The van der Waals surface area contributed by atoms with Crippen LogP contribution in [0.4, 0.5) is 11.6 Å². The normalized spacial score (nSPS) is 19.0. The maximum atomic E-state index is 12.7. The molecule has 1 amide bonds. The molecule has 35 heavy (non-hydrogen) atoms. The molecule has 0 radical (unpaired) electrons. The van der Waals surface area contributed by atoms with Gasteiger partial charge >= 0.3 is 0 Å². The van der Waals surface area contributed by atoms with E-state index in [4.69, 9.17) is 11.6 Å². The van der Waals surface area contributed by atoms with Crippen molar-refractivity contribution in [1.29, 1.82) is 0 Å². The first-order valence-electron chi connectivity index (χ1n) is 11.8. The van der Waals surface area contributed by atoms with Gasteiger partial charge < -0.3 is 20.1 Å². The van der Waals surface area contributed by atoms with Gasteiger partial charge in [0.15, 0.2) is 0 Å². The van der Waals surface area contributed by atoms with Crippen LogP contribution in [0.3, 0.4) is 0 Å². The Bertz CT molecular complexity index is 1420. The predicted octanol–water partition coefficient (Wildman–Crippen LogP) is 4.50. The third-order valence-electron chi connectivity index (χ3n) is 6.69. The molecule has 6 rings (SSSR count). The number of halogens is 1. The van der Waals surface area contributed by atoms with Gasteiger partial charge in [0.05, 0.1) is 18.8 Å². The van der Waals surface area contributed by atoms with Crippen molar-refractivity contribution in [3.8, 4) is 0 Å². The molecule has 2 aliphatic rings. The lowest BCUT2D eigenvalue weighted by atomic mass is 10.1. The number of nitrogens with zero attached hydrogens (tertiary/aromatic N) is 4. The van der Waals surface area contributed by atoms with Crippen LogP contribution in [0.25, 0.3) is 5.65 Å². The largest absolute Gasteiger partial charge is 0.392 e. The van der Waals surface area contributed by atoms with Crippen molar-refractivity contribution in [3.05, 3.63) is 82.5 Å². The molecule has 2 fully saturated rings. The van der Waals surface area contributed by atoms with Gasteiger partial charge in [-0.25, -0.2) is 15.0 Å². The molecule has 3 aromatic heterocycles. The fourth-order valence-corrected chi connectivity index (χ4v) is 4.80. The molecular formula is C26H25ClN6O2. The number of anilines is 2. The second kappa shape index (κ2) is 8.94. The van der Waals surface area contributed by atoms with Crippen molar-refractivity contribution in [2.45, 2.75) is 44.2 Å². The van der Waals surface area contributed by atoms with Gasteiger partial charge in [-0.3, -0.25) is 4.79 Å². The van der Waals surface area contributed by atoms with Crippen molar-refractivity contribution in [1.82, 2.24) is 19.4 Å². The fourth-order valence-electron chi connectivity index (χ4n) is 4.60. The summed E-state index contributed by atoms with van der Waals surface area (Å²) in [6, 6.07) is 11.4. The molecule has 0 saturated heterocycles. The van der Waals surface area contributed by atoms with Crippen LogP contribution in [-0.4, -0.2) is 30.4 Å². The van der Waals surface area contributed by atoms with E-state index in [9.17, 15) is 9.90 Å². The van der Waals surface area contributed by atoms with E-state index in [-0.39, 0.29) is 24.3 Å². The highest BCUT2D eigenvalue weighted by Gasteiger charge is 2.44. The molecule has 2 saturated carbocycles. The first kappa shape index (κ1) is 22.0. The third kappa shape index (κ3) is 4.72. The number of nitrogens with one attached hydrogen (secondary N) is 2. The average Bonchev–Trinajstić information content (AvgIpc) is 3.78. The number of aliphatic hydroxyl groups excluding tert-OH is 1. The first-order valence-corrected chi connectivity index (χ1v) is 12.2. The van der Waals surface area contributed by atoms with Crippen molar-refractivity contribution in [2.75, 3.05) is 10.6 Å². The highest BCUT2D eigenvalue weighted by molar-refractivity contribution is 6.30. The van der Waals surface area contributed by atoms with Crippen molar-refractivity contribution in [2.24, 2.45) is 5.92 Å². The highest BCUT2D eigenvalue weighted by Crippen LogP contribution is 2.48. The zero-order valence-electron chi connectivity index (χ0n) is 19.0. The smallest absolute Gasteiger partial charge is 0.229 e. The summed E-state index contributed by atoms with van der Waals surface area (Å²) in [6.07, 6.45) is 8.71. The van der Waals surface area contributed by atoms with Crippen LogP contribution in [0, 0.1) is 5.92 Å². The summed E-state index contributed by atoms with van der Waals surface area (Å²) >= 11 is 6.08. The van der Waals surface area contributed by atoms with Crippen LogP contribution >= 0.6 is 11.6 Å². The summed E-state index contributed by atoms with van der Waals surface area (Å²) in [6.45, 7) is 0.414. The lowest BCUT2D eigenvalue weighted by Crippen LogP contribution is -2.16. The SMILES string of the molecule is O=C(Nc1cc(NCc2cn3cc(C4CC4)cc(CO)c3n2)ncn1)[C@H]1CC1c1cccc(Cl)c1. The van der Waals surface area contributed by atoms with Gasteiger partial charge in [0, 0.05) is 35.0 Å². The number of carbonyl (C=O) groups excluding carboxylic acids is 1. The number of carbonyl (C=O) groups is 1. The Labute approximate surface area is 207 Å². The van der Waals surface area contributed by atoms with E-state index in [0.29, 0.717) is 29.1 Å². The summed E-state index contributed by atoms with van der Waals surface area (Å²) < 4.78 is 1.99. The monoisotopic (exact) mass is 488 g/mol. The standard InChI is InChI=1S/C26H25ClN6O2/c27-19-3-1-2-16(7-19)21-8-22(21)26(35)32-24-9-23(29-14-30-24)28-10-20-12-33-11-17(15-4-5-15)6-18(13-34)25(33)31-20/h1-3,6-7,9,11-12,14-15,21-22,34H,4-5,8,10,13H2,(H2,28,29,30,32,35)/t21?,22-/m0/s1. The molecule has 0 bridgehead atoms. The number of aromatic nitrogens is 4. The second-order valence-electron chi connectivity index (χ2n) is 9.33. The van der Waals surface area contributed by atoms with Crippen LogP contribution in [0.2, 0.25) is 5.02 Å². The van der Waals surface area contributed by atoms with E-state index >= 15 is 0 Å². The van der Waals surface area contributed by atoms with Crippen molar-refractivity contribution < 1.29 is 9.90 Å². The maximum Gasteiger partial charge on any atom is 0.229 e. The average molecular weight is 489 g/mol. The lowest BCUT2D eigenvalue weighted by Gasteiger charge is -2.07. The lowest BCUT2D eigenvalue weighted by molar-refractivity contribution is -0.117. The zero-order chi connectivity index (χ0) is 23.9. The number of benzene rings is 1. The molecule has 3 N–H and O–H groups in total. The number of amides is 1. The van der Waals surface area contributed by atoms with Crippen LogP contribution in [0.15, 0.2) is 55.1 Å². The van der Waals surface area contributed by atoms with E-state index in [1.165, 1.54) is 24.7 Å². The summed E-state index contributed by atoms with van der Waals surface area (Å²) in [7, 11) is 0. The Hall–Kier alpha value is -3.49. The molecule has 2 atom stereocenters. The number of imidazole rings is 1. The van der Waals surface area contributed by atoms with Gasteiger partial charge in [0.2, 0.25) is 5.91 Å². The number of hydrogen-bond donors (Lipinski definition) is 3. The van der Waals surface area contributed by atoms with Gasteiger partial charge in [-0.2, -0.15) is 0 Å². The molecule has 2 aliphatic carbocycles. The topological polar surface area (TPSA) is 104 Å². The molecule has 3 heterocycles. The Morgan fingerprint density at radius 2 is 1.97 bits per heavy atom. The van der Waals surface area contributed by atoms with Crippen LogP contribution in [-0.2, 0) is 17.9 Å². The van der Waals surface area contributed by atoms with Gasteiger partial charge in [-0.05, 0) is 60.4 Å². The van der Waals surface area contributed by atoms with Gasteiger partial charge in [0.1, 0.15) is 23.6 Å². The maximum absolute atomic E-state index is 12.7. The minimum Gasteiger partial charge on any atom is -0.392 e. The molecule has 4 aromatic rings. The number of fused-ring (bicyclic) bond motifs is 1. The number of rotatable bonds is 8. The minimum atomic E-state index is -0.0842. The molecular weight excluding hydrogens is 464 g/mol. The van der Waals surface area contributed by atoms with E-state index in [1.54, 1.807) is 6.07 Å². The van der Waals surface area contributed by atoms with Crippen molar-refractivity contribution >= 4 is 34.8 Å². The molecule has 0 spiro atoms. The molecule has 178 valence electrons. The van der Waals surface area contributed by atoms with Gasteiger partial charge in [-0.1, -0.05) is 23.7 Å². The third-order valence-corrected chi connectivity index (χ3v) is 6.93. The fraction of sp³-hybridized carbons (Fsp3) is 0.308. The quantitative estimate of drug-likeness (QED) is 0.337. The van der Waals surface area contributed by atoms with E-state index in [2.05, 4.69) is 37.8 Å². The Morgan fingerprint density at radius 1 is 1.11 bits per heavy atom. The summed E-state index contributed by atoms with van der Waals surface area (Å²) in [5.41, 5.74) is 4.78. The van der Waals surface area contributed by atoms with E-state index < -0.39 is 0 Å². The Kier molecular flexibility index (Phi) is 5.62. The van der Waals surface area contributed by atoms with Gasteiger partial charge in [-0.15, -0.1) is 0 Å². The summed E-state index contributed by atoms with van der Waals surface area (Å²) in [4.78, 5) is 25.9. The first-order chi connectivity index (χ1) is 17.1. The van der Waals surface area contributed by atoms with E-state index in [1.807, 2.05) is 34.9 Å². The number of hydrogen-bond acceptors (Lipinski definition) is 6. The van der Waals surface area contributed by atoms with Crippen LogP contribution in [0.5, 0.6) is 0 Å². The van der Waals surface area contributed by atoms with Crippen molar-refractivity contribution in [3.63, 3.8) is 0 Å². The molecule has 1 unspecified atom stereocenters. The Balaban J connectivity index is 1.10. The van der Waals surface area contributed by atoms with E-state index in [0.717, 1.165) is 28.9 Å². The number of aliphatic hydroxyl groups is 1. The van der Waals surface area contributed by atoms with Gasteiger partial charge in [0.25, 0.3) is 0 Å². The van der Waals surface area contributed by atoms with Crippen LogP contribution in [0.1, 0.15) is 53.5 Å². The molecule has 8 nitrogen and oxygen atoms in total. The minimum absolute atomic E-state index is 0.0396. The Morgan fingerprint density at radius 3 is 2.77 bits per heavy atom. The van der Waals surface area contributed by atoms with Crippen LogP contribution < -0.4 is 10.6 Å². The predicted molar refractivity (Wildman–Crippen MR) is 133 cm³/mol. The highest BCUT2D eigenvalue weighted by atomic mass is 35.5. The summed E-state index contributed by atoms with van der Waals surface area (Å²) in [5, 5.41) is 16.6. The molecule has 9 heteroatoms. The zero-order valence-corrected chi connectivity index (χ0v) is 19.7. The molecule has 1 aromatic carbocycles. The number of pyridine rings is 1. The second-order valence-corrected chi connectivity index (χ2v) is 9.77.